The van der Waals surface area contributed by atoms with Gasteiger partial charge in [0.15, 0.2) is 20.8 Å². The summed E-state index contributed by atoms with van der Waals surface area (Å²) in [5, 5.41) is 0.736. The van der Waals surface area contributed by atoms with Gasteiger partial charge >= 0.3 is 0 Å². The molecule has 1 aromatic heterocycles. The zero-order chi connectivity index (χ0) is 18.7. The van der Waals surface area contributed by atoms with Gasteiger partial charge in [0.05, 0.1) is 16.3 Å². The van der Waals surface area contributed by atoms with Crippen molar-refractivity contribution in [3.8, 4) is 5.69 Å². The van der Waals surface area contributed by atoms with E-state index in [2.05, 4.69) is 4.98 Å². The second kappa shape index (κ2) is 7.47. The molecule has 3 rings (SSSR count). The summed E-state index contributed by atoms with van der Waals surface area (Å²) in [6.45, 7) is 2.03. The number of thioether (sulfide) groups is 1. The summed E-state index contributed by atoms with van der Waals surface area (Å²) >= 11 is 1.35. The normalized spacial score (nSPS) is 11.5. The Kier molecular flexibility index (Phi) is 5.29. The van der Waals surface area contributed by atoms with Crippen LogP contribution in [0.5, 0.6) is 0 Å². The first kappa shape index (κ1) is 18.4. The third kappa shape index (κ3) is 4.05. The van der Waals surface area contributed by atoms with Crippen molar-refractivity contribution >= 4 is 27.4 Å². The van der Waals surface area contributed by atoms with E-state index in [9.17, 15) is 13.2 Å². The van der Waals surface area contributed by atoms with Crippen molar-refractivity contribution in [1.29, 1.82) is 0 Å². The van der Waals surface area contributed by atoms with Crippen LogP contribution in [0.2, 0.25) is 0 Å². The fourth-order valence-corrected chi connectivity index (χ4v) is 4.01. The van der Waals surface area contributed by atoms with E-state index in [4.69, 9.17) is 0 Å². The summed E-state index contributed by atoms with van der Waals surface area (Å²) in [4.78, 5) is 17.0. The Balaban J connectivity index is 1.73. The third-order valence-electron chi connectivity index (χ3n) is 3.92. The van der Waals surface area contributed by atoms with Crippen molar-refractivity contribution in [2.45, 2.75) is 17.0 Å². The Morgan fingerprint density at radius 2 is 1.81 bits per heavy atom. The van der Waals surface area contributed by atoms with Gasteiger partial charge < -0.3 is 0 Å². The molecule has 0 amide bonds. The van der Waals surface area contributed by atoms with Crippen LogP contribution in [0.3, 0.4) is 0 Å². The molecular formula is C19H18N2O3S2. The number of sulfone groups is 1. The van der Waals surface area contributed by atoms with E-state index in [-0.39, 0.29) is 16.4 Å². The summed E-state index contributed by atoms with van der Waals surface area (Å²) in [5.41, 5.74) is 2.63. The maximum absolute atomic E-state index is 12.4. The lowest BCUT2D eigenvalue weighted by Crippen LogP contribution is -2.05. The van der Waals surface area contributed by atoms with Crippen LogP contribution in [-0.4, -0.2) is 35.8 Å². The van der Waals surface area contributed by atoms with Crippen LogP contribution in [-0.2, 0) is 9.84 Å². The molecule has 0 aliphatic rings. The van der Waals surface area contributed by atoms with Gasteiger partial charge in [-0.1, -0.05) is 42.1 Å². The van der Waals surface area contributed by atoms with E-state index >= 15 is 0 Å². The molecule has 0 fully saturated rings. The number of Topliss-reactive ketones (excluding diaryl/α,β-unsaturated/α-hetero) is 1. The molecule has 1 heterocycles. The Labute approximate surface area is 157 Å². The molecule has 0 spiro atoms. The minimum Gasteiger partial charge on any atom is -0.295 e. The van der Waals surface area contributed by atoms with E-state index < -0.39 is 9.84 Å². The van der Waals surface area contributed by atoms with Gasteiger partial charge in [-0.2, -0.15) is 0 Å². The van der Waals surface area contributed by atoms with E-state index in [1.54, 1.807) is 18.3 Å². The largest absolute Gasteiger partial charge is 0.295 e. The minimum atomic E-state index is -3.26. The number of para-hydroxylation sites is 1. The Bertz CT molecular complexity index is 1040. The molecule has 0 aliphatic carbocycles. The average Bonchev–Trinajstić information content (AvgIpc) is 3.08. The molecule has 0 saturated heterocycles. The first-order chi connectivity index (χ1) is 12.4. The second-order valence-corrected chi connectivity index (χ2v) is 8.83. The number of benzene rings is 2. The van der Waals surface area contributed by atoms with Gasteiger partial charge in [-0.15, -0.1) is 0 Å². The maximum Gasteiger partial charge on any atom is 0.175 e. The van der Waals surface area contributed by atoms with Gasteiger partial charge in [-0.25, -0.2) is 13.4 Å². The lowest BCUT2D eigenvalue weighted by molar-refractivity contribution is 0.102. The molecule has 0 N–H and O–H groups in total. The molecule has 0 saturated carbocycles. The number of hydrogen-bond donors (Lipinski definition) is 0. The van der Waals surface area contributed by atoms with Gasteiger partial charge in [-0.3, -0.25) is 9.36 Å². The molecule has 3 aromatic rings. The van der Waals surface area contributed by atoms with Crippen molar-refractivity contribution in [2.24, 2.45) is 0 Å². The first-order valence-electron chi connectivity index (χ1n) is 7.92. The fraction of sp³-hybridized carbons (Fsp3) is 0.158. The number of aryl methyl sites for hydroxylation is 1. The van der Waals surface area contributed by atoms with E-state index in [1.165, 1.54) is 23.9 Å². The third-order valence-corrected chi connectivity index (χ3v) is 6.01. The highest BCUT2D eigenvalue weighted by molar-refractivity contribution is 7.99. The Morgan fingerprint density at radius 1 is 1.12 bits per heavy atom. The minimum absolute atomic E-state index is 0.0746. The summed E-state index contributed by atoms with van der Waals surface area (Å²) in [5.74, 6) is 0.149. The standard InChI is InChI=1S/C19H18N2O3S2/c1-14-5-3-4-6-17(14)21-12-11-20-19(21)25-13-18(22)15-7-9-16(10-8-15)26(2,23)24/h3-12H,13H2,1-2H3. The Hall–Kier alpha value is -2.38. The number of hydrogen-bond acceptors (Lipinski definition) is 5. The molecule has 26 heavy (non-hydrogen) atoms. The number of nitrogens with zero attached hydrogens (tertiary/aromatic N) is 2. The molecule has 0 bridgehead atoms. The highest BCUT2D eigenvalue weighted by Gasteiger charge is 2.13. The molecule has 0 unspecified atom stereocenters. The highest BCUT2D eigenvalue weighted by atomic mass is 32.2. The van der Waals surface area contributed by atoms with Gasteiger partial charge in [0.1, 0.15) is 0 Å². The molecule has 2 aromatic carbocycles. The monoisotopic (exact) mass is 386 g/mol. The van der Waals surface area contributed by atoms with Gasteiger partial charge in [-0.05, 0) is 30.7 Å². The van der Waals surface area contributed by atoms with Crippen LogP contribution in [0.25, 0.3) is 5.69 Å². The molecule has 0 radical (unpaired) electrons. The summed E-state index contributed by atoms with van der Waals surface area (Å²) in [6.07, 6.45) is 4.72. The topological polar surface area (TPSA) is 69.0 Å². The lowest BCUT2D eigenvalue weighted by Gasteiger charge is -2.10. The number of carbonyl (C=O) groups is 1. The average molecular weight is 386 g/mol. The Morgan fingerprint density at radius 3 is 2.46 bits per heavy atom. The molecule has 134 valence electrons. The quantitative estimate of drug-likeness (QED) is 0.479. The van der Waals surface area contributed by atoms with E-state index in [1.807, 2.05) is 42.0 Å². The van der Waals surface area contributed by atoms with Crippen LogP contribution < -0.4 is 0 Å². The van der Waals surface area contributed by atoms with E-state index in [0.717, 1.165) is 22.7 Å². The first-order valence-corrected chi connectivity index (χ1v) is 10.8. The molecular weight excluding hydrogens is 368 g/mol. The van der Waals surface area contributed by atoms with Crippen molar-refractivity contribution in [2.75, 3.05) is 12.0 Å². The SMILES string of the molecule is Cc1ccccc1-n1ccnc1SCC(=O)c1ccc(S(C)(=O)=O)cc1. The number of carbonyl (C=O) groups excluding carboxylic acids is 1. The van der Waals surface area contributed by atoms with Crippen molar-refractivity contribution in [3.63, 3.8) is 0 Å². The molecule has 7 heteroatoms. The zero-order valence-electron chi connectivity index (χ0n) is 14.4. The lowest BCUT2D eigenvalue weighted by atomic mass is 10.1. The summed E-state index contributed by atoms with van der Waals surface area (Å²) in [6, 6.07) is 14.0. The number of aromatic nitrogens is 2. The molecule has 0 aliphatic heterocycles. The van der Waals surface area contributed by atoms with Gasteiger partial charge in [0.2, 0.25) is 0 Å². The highest BCUT2D eigenvalue weighted by Crippen LogP contribution is 2.23. The zero-order valence-corrected chi connectivity index (χ0v) is 16.0. The van der Waals surface area contributed by atoms with E-state index in [0.29, 0.717) is 5.56 Å². The van der Waals surface area contributed by atoms with Crippen LogP contribution in [0.4, 0.5) is 0 Å². The number of ketones is 1. The van der Waals surface area contributed by atoms with Crippen LogP contribution in [0.15, 0.2) is 71.0 Å². The smallest absolute Gasteiger partial charge is 0.175 e. The maximum atomic E-state index is 12.4. The van der Waals surface area contributed by atoms with Crippen LogP contribution in [0, 0.1) is 6.92 Å². The predicted octanol–water partition coefficient (Wildman–Crippen LogP) is 3.56. The van der Waals surface area contributed by atoms with Crippen molar-refractivity contribution in [3.05, 3.63) is 72.1 Å². The van der Waals surface area contributed by atoms with Crippen molar-refractivity contribution in [1.82, 2.24) is 9.55 Å². The predicted molar refractivity (Wildman–Crippen MR) is 103 cm³/mol. The van der Waals surface area contributed by atoms with Gasteiger partial charge in [0.25, 0.3) is 0 Å². The molecule has 0 atom stereocenters. The summed E-state index contributed by atoms with van der Waals surface area (Å²) in [7, 11) is -3.26. The fourth-order valence-electron chi connectivity index (χ4n) is 2.52. The van der Waals surface area contributed by atoms with Crippen molar-refractivity contribution < 1.29 is 13.2 Å². The van der Waals surface area contributed by atoms with Gasteiger partial charge in [0, 0.05) is 24.2 Å². The van der Waals surface area contributed by atoms with Crippen LogP contribution >= 0.6 is 11.8 Å². The van der Waals surface area contributed by atoms with Crippen LogP contribution in [0.1, 0.15) is 15.9 Å². The second-order valence-electron chi connectivity index (χ2n) is 5.87. The number of rotatable bonds is 6. The molecule has 5 nitrogen and oxygen atoms in total. The summed E-state index contributed by atoms with van der Waals surface area (Å²) < 4.78 is 24.9. The number of imidazole rings is 1.